The summed E-state index contributed by atoms with van der Waals surface area (Å²) in [5.74, 6) is 0. The molecule has 0 bridgehead atoms. The molecule has 8 heteroatoms. The van der Waals surface area contributed by atoms with Gasteiger partial charge in [-0.15, -0.1) is 0 Å². The van der Waals surface area contributed by atoms with Gasteiger partial charge in [-0.3, -0.25) is 14.9 Å². The Bertz CT molecular complexity index is 876. The van der Waals surface area contributed by atoms with E-state index < -0.39 is 4.92 Å². The Balaban J connectivity index is 1.94. The highest BCUT2D eigenvalue weighted by Gasteiger charge is 2.07. The van der Waals surface area contributed by atoms with E-state index in [2.05, 4.69) is 15.3 Å². The molecule has 0 unspecified atom stereocenters. The second-order valence-electron chi connectivity index (χ2n) is 4.11. The predicted molar refractivity (Wildman–Crippen MR) is 80.1 cm³/mol. The average molecular weight is 300 g/mol. The van der Waals surface area contributed by atoms with Crippen molar-refractivity contribution in [3.05, 3.63) is 63.1 Å². The summed E-state index contributed by atoms with van der Waals surface area (Å²) in [5, 5.41) is 14.4. The number of pyridine rings is 1. The molecule has 0 saturated heterocycles. The highest BCUT2D eigenvalue weighted by atomic mass is 32.1. The zero-order valence-electron chi connectivity index (χ0n) is 10.5. The van der Waals surface area contributed by atoms with Gasteiger partial charge in [0, 0.05) is 24.0 Å². The molecule has 7 nitrogen and oxygen atoms in total. The third-order valence-corrected chi connectivity index (χ3v) is 3.63. The minimum absolute atomic E-state index is 0.00174. The maximum atomic E-state index is 11.9. The fraction of sp³-hybridized carbons (Fsp3) is 0. The van der Waals surface area contributed by atoms with Crippen molar-refractivity contribution in [1.82, 2.24) is 9.97 Å². The van der Waals surface area contributed by atoms with Crippen LogP contribution in [0, 0.1) is 10.1 Å². The lowest BCUT2D eigenvalue weighted by atomic mass is 10.3. The Morgan fingerprint density at radius 2 is 1.95 bits per heavy atom. The molecule has 0 spiro atoms. The number of aromatic nitrogens is 2. The summed E-state index contributed by atoms with van der Waals surface area (Å²) in [6.45, 7) is 0. The second kappa shape index (κ2) is 5.25. The molecule has 0 radical (unpaired) electrons. The van der Waals surface area contributed by atoms with Crippen LogP contribution in [0.3, 0.4) is 0 Å². The van der Waals surface area contributed by atoms with E-state index >= 15 is 0 Å². The zero-order chi connectivity index (χ0) is 14.8. The number of nitro benzene ring substituents is 1. The molecule has 1 N–H and O–H groups in total. The molecule has 104 valence electrons. The van der Waals surface area contributed by atoms with Gasteiger partial charge >= 0.3 is 0 Å². The van der Waals surface area contributed by atoms with Gasteiger partial charge in [-0.25, -0.2) is 4.98 Å². The third-order valence-electron chi connectivity index (χ3n) is 2.73. The van der Waals surface area contributed by atoms with Crippen LogP contribution in [-0.2, 0) is 0 Å². The molecule has 0 aliphatic heterocycles. The maximum absolute atomic E-state index is 11.9. The first-order valence-electron chi connectivity index (χ1n) is 5.91. The highest BCUT2D eigenvalue weighted by Crippen LogP contribution is 2.23. The molecule has 1 aromatic carbocycles. The number of hydrogen-bond donors (Lipinski definition) is 1. The zero-order valence-corrected chi connectivity index (χ0v) is 11.3. The van der Waals surface area contributed by atoms with Crippen molar-refractivity contribution in [3.63, 3.8) is 0 Å². The van der Waals surface area contributed by atoms with E-state index in [1.165, 1.54) is 23.5 Å². The minimum atomic E-state index is -0.472. The first kappa shape index (κ1) is 13.1. The van der Waals surface area contributed by atoms with Crippen LogP contribution in [0.15, 0.2) is 47.4 Å². The van der Waals surface area contributed by atoms with Crippen molar-refractivity contribution in [2.75, 3.05) is 5.32 Å². The van der Waals surface area contributed by atoms with Crippen LogP contribution in [0.25, 0.3) is 10.2 Å². The SMILES string of the molecule is O=c1nc(Nc2ccc([N+](=O)[O-])cc2)sc2ncccc12. The van der Waals surface area contributed by atoms with E-state index in [0.717, 1.165) is 0 Å². The molecule has 0 aliphatic carbocycles. The molecule has 0 aliphatic rings. The van der Waals surface area contributed by atoms with Crippen LogP contribution in [0.1, 0.15) is 0 Å². The Morgan fingerprint density at radius 1 is 1.19 bits per heavy atom. The van der Waals surface area contributed by atoms with E-state index in [4.69, 9.17) is 0 Å². The number of nitro groups is 1. The smallest absolute Gasteiger partial charge is 0.282 e. The topological polar surface area (TPSA) is 98.0 Å². The predicted octanol–water partition coefficient (Wildman–Crippen LogP) is 2.70. The number of non-ortho nitro benzene ring substituents is 1. The van der Waals surface area contributed by atoms with Gasteiger partial charge in [0.25, 0.3) is 11.2 Å². The third kappa shape index (κ3) is 2.70. The highest BCUT2D eigenvalue weighted by molar-refractivity contribution is 7.21. The fourth-order valence-corrected chi connectivity index (χ4v) is 2.60. The van der Waals surface area contributed by atoms with Gasteiger partial charge in [-0.05, 0) is 24.3 Å². The van der Waals surface area contributed by atoms with Gasteiger partial charge in [-0.2, -0.15) is 4.98 Å². The van der Waals surface area contributed by atoms with Crippen molar-refractivity contribution >= 4 is 38.1 Å². The number of benzene rings is 1. The van der Waals surface area contributed by atoms with Crippen molar-refractivity contribution in [2.24, 2.45) is 0 Å². The first-order chi connectivity index (χ1) is 10.1. The Kier molecular flexibility index (Phi) is 3.28. The molecular weight excluding hydrogens is 292 g/mol. The lowest BCUT2D eigenvalue weighted by Crippen LogP contribution is -2.07. The second-order valence-corrected chi connectivity index (χ2v) is 5.09. The maximum Gasteiger partial charge on any atom is 0.282 e. The normalized spacial score (nSPS) is 10.5. The summed E-state index contributed by atoms with van der Waals surface area (Å²) < 4.78 is 0. The van der Waals surface area contributed by atoms with Gasteiger partial charge in [0.15, 0.2) is 5.13 Å². The van der Waals surface area contributed by atoms with E-state index in [1.807, 2.05) is 0 Å². The lowest BCUT2D eigenvalue weighted by Gasteiger charge is -2.04. The number of hydrogen-bond acceptors (Lipinski definition) is 7. The van der Waals surface area contributed by atoms with Crippen LogP contribution in [0.2, 0.25) is 0 Å². The molecule has 3 rings (SSSR count). The van der Waals surface area contributed by atoms with Crippen LogP contribution in [0.5, 0.6) is 0 Å². The summed E-state index contributed by atoms with van der Waals surface area (Å²) in [4.78, 5) is 30.6. The summed E-state index contributed by atoms with van der Waals surface area (Å²) >= 11 is 1.24. The van der Waals surface area contributed by atoms with E-state index in [1.54, 1.807) is 30.5 Å². The molecular formula is C13H8N4O3S. The van der Waals surface area contributed by atoms with Gasteiger partial charge in [0.2, 0.25) is 0 Å². The number of anilines is 2. The van der Waals surface area contributed by atoms with E-state index in [9.17, 15) is 14.9 Å². The summed E-state index contributed by atoms with van der Waals surface area (Å²) in [6, 6.07) is 9.22. The Labute approximate surface area is 122 Å². The summed E-state index contributed by atoms with van der Waals surface area (Å²) in [6.07, 6.45) is 1.61. The first-order valence-corrected chi connectivity index (χ1v) is 6.72. The molecule has 0 atom stereocenters. The van der Waals surface area contributed by atoms with Crippen molar-refractivity contribution in [1.29, 1.82) is 0 Å². The largest absolute Gasteiger partial charge is 0.331 e. The molecule has 3 aromatic rings. The number of nitrogens with one attached hydrogen (secondary N) is 1. The van der Waals surface area contributed by atoms with E-state index in [0.29, 0.717) is 21.0 Å². The van der Waals surface area contributed by atoms with Crippen molar-refractivity contribution in [2.45, 2.75) is 0 Å². The fourth-order valence-electron chi connectivity index (χ4n) is 1.75. The summed E-state index contributed by atoms with van der Waals surface area (Å²) in [5.41, 5.74) is 0.252. The van der Waals surface area contributed by atoms with Crippen LogP contribution >= 0.6 is 11.3 Å². The molecule has 0 fully saturated rings. The van der Waals surface area contributed by atoms with Crippen molar-refractivity contribution in [3.8, 4) is 0 Å². The van der Waals surface area contributed by atoms with Gasteiger partial charge in [0.05, 0.1) is 10.3 Å². The van der Waals surface area contributed by atoms with Gasteiger partial charge in [0.1, 0.15) is 4.83 Å². The Morgan fingerprint density at radius 3 is 2.67 bits per heavy atom. The van der Waals surface area contributed by atoms with E-state index in [-0.39, 0.29) is 11.2 Å². The average Bonchev–Trinajstić information content (AvgIpc) is 2.48. The van der Waals surface area contributed by atoms with Crippen LogP contribution < -0.4 is 10.9 Å². The van der Waals surface area contributed by atoms with Crippen LogP contribution in [-0.4, -0.2) is 14.9 Å². The molecule has 2 heterocycles. The number of fused-ring (bicyclic) bond motifs is 1. The molecule has 2 aromatic heterocycles. The molecule has 21 heavy (non-hydrogen) atoms. The monoisotopic (exact) mass is 300 g/mol. The molecule has 0 saturated carbocycles. The standard InChI is InChI=1S/C13H8N4O3S/c18-11-10-2-1-7-14-12(10)21-13(16-11)15-8-3-5-9(6-4-8)17(19)20/h1-7H,(H,15,16,18). The van der Waals surface area contributed by atoms with Crippen molar-refractivity contribution < 1.29 is 4.92 Å². The molecule has 0 amide bonds. The lowest BCUT2D eigenvalue weighted by molar-refractivity contribution is -0.384. The van der Waals surface area contributed by atoms with Crippen LogP contribution in [0.4, 0.5) is 16.5 Å². The Hall–Kier alpha value is -2.87. The quantitative estimate of drug-likeness (QED) is 0.590. The number of rotatable bonds is 3. The number of nitrogens with zero attached hydrogens (tertiary/aromatic N) is 3. The van der Waals surface area contributed by atoms with Gasteiger partial charge in [-0.1, -0.05) is 11.3 Å². The van der Waals surface area contributed by atoms with Gasteiger partial charge < -0.3 is 5.32 Å². The summed E-state index contributed by atoms with van der Waals surface area (Å²) in [7, 11) is 0. The minimum Gasteiger partial charge on any atom is -0.331 e.